The highest BCUT2D eigenvalue weighted by molar-refractivity contribution is 5.77. The molecule has 0 radical (unpaired) electrons. The summed E-state index contributed by atoms with van der Waals surface area (Å²) in [5.41, 5.74) is 0. The quantitative estimate of drug-likeness (QED) is 0.307. The average molecular weight is 379 g/mol. The summed E-state index contributed by atoms with van der Waals surface area (Å²) in [5.74, 6) is 0.690. The highest BCUT2D eigenvalue weighted by atomic mass is 16.5. The second kappa shape index (κ2) is 21.8. The van der Waals surface area contributed by atoms with Gasteiger partial charge < -0.3 is 29.6 Å². The molecule has 0 aliphatic rings. The summed E-state index contributed by atoms with van der Waals surface area (Å²) in [5, 5.41) is 5.19. The van der Waals surface area contributed by atoms with Crippen LogP contribution in [-0.2, 0) is 28.5 Å². The molecule has 0 unspecified atom stereocenters. The van der Waals surface area contributed by atoms with Gasteiger partial charge in [-0.2, -0.15) is 0 Å². The summed E-state index contributed by atoms with van der Waals surface area (Å²) >= 11 is 0. The van der Waals surface area contributed by atoms with E-state index in [-0.39, 0.29) is 18.6 Å². The van der Waals surface area contributed by atoms with Crippen LogP contribution in [-0.4, -0.2) is 77.8 Å². The van der Waals surface area contributed by atoms with Crippen molar-refractivity contribution in [3.05, 3.63) is 0 Å². The van der Waals surface area contributed by atoms with Crippen molar-refractivity contribution in [2.24, 2.45) is 5.92 Å². The molecule has 2 amide bonds. The van der Waals surface area contributed by atoms with Crippen LogP contribution in [0.4, 0.5) is 0 Å². The van der Waals surface area contributed by atoms with Gasteiger partial charge in [0.25, 0.3) is 0 Å². The van der Waals surface area contributed by atoms with Gasteiger partial charge in [0.2, 0.25) is 12.3 Å². The number of rotatable bonds is 16. The average Bonchev–Trinajstić information content (AvgIpc) is 2.56. The molecule has 0 saturated carbocycles. The van der Waals surface area contributed by atoms with E-state index in [2.05, 4.69) is 31.4 Å². The van der Waals surface area contributed by atoms with Crippen molar-refractivity contribution < 1.29 is 28.5 Å². The van der Waals surface area contributed by atoms with Crippen LogP contribution in [0.1, 0.15) is 34.6 Å². The van der Waals surface area contributed by atoms with Gasteiger partial charge in [0.15, 0.2) is 0 Å². The van der Waals surface area contributed by atoms with E-state index in [0.29, 0.717) is 59.1 Å². The van der Waals surface area contributed by atoms with Gasteiger partial charge in [-0.15, -0.1) is 0 Å². The Hall–Kier alpha value is -1.22. The maximum atomic E-state index is 11.3. The van der Waals surface area contributed by atoms with E-state index in [4.69, 9.17) is 18.9 Å². The third-order valence-corrected chi connectivity index (χ3v) is 2.33. The van der Waals surface area contributed by atoms with Crippen molar-refractivity contribution in [1.29, 1.82) is 0 Å². The lowest BCUT2D eigenvalue weighted by Gasteiger charge is -2.09. The van der Waals surface area contributed by atoms with Crippen LogP contribution in [0, 0.1) is 5.92 Å². The summed E-state index contributed by atoms with van der Waals surface area (Å²) in [6.07, 6.45) is 0.682. The number of nitrogens with one attached hydrogen (secondary N) is 2. The van der Waals surface area contributed by atoms with E-state index in [9.17, 15) is 9.59 Å². The molecule has 26 heavy (non-hydrogen) atoms. The van der Waals surface area contributed by atoms with E-state index < -0.39 is 0 Å². The lowest BCUT2D eigenvalue weighted by atomic mass is 10.3. The monoisotopic (exact) mass is 378 g/mol. The van der Waals surface area contributed by atoms with E-state index in [1.807, 2.05) is 13.8 Å². The first-order chi connectivity index (χ1) is 12.4. The molecule has 0 aromatic rings. The van der Waals surface area contributed by atoms with Gasteiger partial charge in [0.1, 0.15) is 6.61 Å². The summed E-state index contributed by atoms with van der Waals surface area (Å²) in [4.78, 5) is 21.2. The number of carbonyl (C=O) groups excluding carboxylic acids is 2. The van der Waals surface area contributed by atoms with Crippen molar-refractivity contribution in [1.82, 2.24) is 10.6 Å². The summed E-state index contributed by atoms with van der Waals surface area (Å²) in [6, 6.07) is 0. The molecule has 0 aliphatic carbocycles. The zero-order valence-corrected chi connectivity index (χ0v) is 17.0. The molecule has 0 atom stereocenters. The molecule has 156 valence electrons. The zero-order valence-electron chi connectivity index (χ0n) is 17.0. The lowest BCUT2D eigenvalue weighted by molar-refractivity contribution is -0.127. The van der Waals surface area contributed by atoms with Crippen LogP contribution in [0.3, 0.4) is 0 Å². The second-order valence-corrected chi connectivity index (χ2v) is 6.35. The molecule has 0 rings (SSSR count). The van der Waals surface area contributed by atoms with Crippen LogP contribution in [0.5, 0.6) is 0 Å². The SMILES string of the molecule is CC(C)C.CC(C)OCC(=O)NCCOCCOCCOCCNC=O. The topological polar surface area (TPSA) is 95.1 Å². The molecule has 0 aromatic carbocycles. The minimum absolute atomic E-state index is 0.0458. The lowest BCUT2D eigenvalue weighted by Crippen LogP contribution is -2.31. The fraction of sp³-hybridized carbons (Fsp3) is 0.889. The van der Waals surface area contributed by atoms with Gasteiger partial charge in [-0.3, -0.25) is 9.59 Å². The first-order valence-corrected chi connectivity index (χ1v) is 9.18. The largest absolute Gasteiger partial charge is 0.377 e. The van der Waals surface area contributed by atoms with Crippen molar-refractivity contribution in [2.45, 2.75) is 40.7 Å². The highest BCUT2D eigenvalue weighted by Gasteiger charge is 2.02. The summed E-state index contributed by atoms with van der Waals surface area (Å²) in [7, 11) is 0. The van der Waals surface area contributed by atoms with Crippen molar-refractivity contribution >= 4 is 12.3 Å². The first-order valence-electron chi connectivity index (χ1n) is 9.18. The molecule has 2 N–H and O–H groups in total. The Morgan fingerprint density at radius 3 is 1.77 bits per heavy atom. The van der Waals surface area contributed by atoms with Crippen LogP contribution < -0.4 is 10.6 Å². The molecular formula is C18H38N2O6. The third kappa shape index (κ3) is 30.6. The van der Waals surface area contributed by atoms with E-state index >= 15 is 0 Å². The van der Waals surface area contributed by atoms with Gasteiger partial charge in [-0.25, -0.2) is 0 Å². The fourth-order valence-corrected chi connectivity index (χ4v) is 1.29. The predicted molar refractivity (Wildman–Crippen MR) is 101 cm³/mol. The highest BCUT2D eigenvalue weighted by Crippen LogP contribution is 1.86. The van der Waals surface area contributed by atoms with Gasteiger partial charge in [-0.05, 0) is 19.8 Å². The van der Waals surface area contributed by atoms with Crippen molar-refractivity contribution in [2.75, 3.05) is 59.3 Å². The molecule has 0 fully saturated rings. The molecular weight excluding hydrogens is 340 g/mol. The number of amides is 2. The van der Waals surface area contributed by atoms with Gasteiger partial charge >= 0.3 is 0 Å². The molecule has 8 heteroatoms. The normalized spacial score (nSPS) is 10.4. The Kier molecular flexibility index (Phi) is 22.7. The fourth-order valence-electron chi connectivity index (χ4n) is 1.29. The molecule has 0 aliphatic heterocycles. The van der Waals surface area contributed by atoms with Gasteiger partial charge in [0.05, 0.1) is 45.7 Å². The number of ether oxygens (including phenoxy) is 4. The van der Waals surface area contributed by atoms with Crippen molar-refractivity contribution in [3.63, 3.8) is 0 Å². The Morgan fingerprint density at radius 2 is 1.31 bits per heavy atom. The number of hydrogen-bond donors (Lipinski definition) is 2. The Labute approximate surface area is 158 Å². The minimum atomic E-state index is -0.144. The smallest absolute Gasteiger partial charge is 0.246 e. The Balaban J connectivity index is 0. The Bertz CT molecular complexity index is 311. The number of carbonyl (C=O) groups is 2. The molecule has 0 heterocycles. The summed E-state index contributed by atoms with van der Waals surface area (Å²) in [6.45, 7) is 14.1. The van der Waals surface area contributed by atoms with E-state index in [1.165, 1.54) is 0 Å². The molecule has 0 bridgehead atoms. The van der Waals surface area contributed by atoms with E-state index in [1.54, 1.807) is 0 Å². The van der Waals surface area contributed by atoms with Crippen LogP contribution in [0.25, 0.3) is 0 Å². The van der Waals surface area contributed by atoms with Crippen LogP contribution >= 0.6 is 0 Å². The van der Waals surface area contributed by atoms with Gasteiger partial charge in [-0.1, -0.05) is 20.8 Å². The maximum absolute atomic E-state index is 11.3. The third-order valence-electron chi connectivity index (χ3n) is 2.33. The standard InChI is InChI=1S/C14H28N2O6.C4H10/c1-13(2)22-11-14(18)16-4-6-20-8-10-21-9-7-19-5-3-15-12-17;1-4(2)3/h12-13H,3-11H2,1-2H3,(H,15,17)(H,16,18);4H,1-3H3. The van der Waals surface area contributed by atoms with Crippen LogP contribution in [0.15, 0.2) is 0 Å². The number of hydrogen-bond acceptors (Lipinski definition) is 6. The molecule has 0 saturated heterocycles. The summed E-state index contributed by atoms with van der Waals surface area (Å²) < 4.78 is 20.9. The first kappa shape index (κ1) is 27.0. The zero-order chi connectivity index (χ0) is 20.0. The van der Waals surface area contributed by atoms with Crippen LogP contribution in [0.2, 0.25) is 0 Å². The van der Waals surface area contributed by atoms with Crippen molar-refractivity contribution in [3.8, 4) is 0 Å². The predicted octanol–water partition coefficient (Wildman–Crippen LogP) is 0.986. The Morgan fingerprint density at radius 1 is 0.846 bits per heavy atom. The molecule has 0 aromatic heterocycles. The molecule has 0 spiro atoms. The minimum Gasteiger partial charge on any atom is -0.377 e. The van der Waals surface area contributed by atoms with Gasteiger partial charge in [0, 0.05) is 13.1 Å². The maximum Gasteiger partial charge on any atom is 0.246 e. The molecule has 8 nitrogen and oxygen atoms in total. The van der Waals surface area contributed by atoms with E-state index in [0.717, 1.165) is 5.92 Å². The second-order valence-electron chi connectivity index (χ2n) is 6.35.